The number of aromatic nitrogens is 2. The zero-order chi connectivity index (χ0) is 13.8. The van der Waals surface area contributed by atoms with Gasteiger partial charge in [-0.3, -0.25) is 4.79 Å². The van der Waals surface area contributed by atoms with E-state index in [9.17, 15) is 4.79 Å². The summed E-state index contributed by atoms with van der Waals surface area (Å²) in [5, 5.41) is 5.65. The molecule has 1 amide bonds. The molecule has 19 heavy (non-hydrogen) atoms. The average Bonchev–Trinajstić information content (AvgIpc) is 2.47. The van der Waals surface area contributed by atoms with Gasteiger partial charge >= 0.3 is 0 Å². The van der Waals surface area contributed by atoms with Crippen LogP contribution in [0.1, 0.15) is 12.8 Å². The van der Waals surface area contributed by atoms with E-state index in [1.807, 2.05) is 0 Å². The minimum absolute atomic E-state index is 0.0265. The molecule has 1 aromatic heterocycles. The zero-order valence-electron chi connectivity index (χ0n) is 11.1. The topological polar surface area (TPSA) is 70.2 Å². The quantitative estimate of drug-likeness (QED) is 0.874. The highest BCUT2D eigenvalue weighted by Gasteiger charge is 2.27. The van der Waals surface area contributed by atoms with Crippen LogP contribution >= 0.6 is 15.9 Å². The maximum atomic E-state index is 11.8. The fraction of sp³-hybridized carbons (Fsp3) is 0.583. The highest BCUT2D eigenvalue weighted by atomic mass is 79.9. The van der Waals surface area contributed by atoms with Gasteiger partial charge in [0.1, 0.15) is 5.82 Å². The third kappa shape index (κ3) is 3.15. The monoisotopic (exact) mass is 327 g/mol. The fourth-order valence-electron chi connectivity index (χ4n) is 2.29. The smallest absolute Gasteiger partial charge is 0.224 e. The standard InChI is InChI=1S/C12H18BrN5O/c1-14-11(19)8-4-3-5-18(7-8)10-9(13)6-16-12(15-2)17-10/h6,8H,3-5,7H2,1-2H3,(H,14,19)(H,15,16,17). The Morgan fingerprint density at radius 3 is 3.00 bits per heavy atom. The number of carbonyl (C=O) groups is 1. The first-order valence-corrected chi connectivity index (χ1v) is 7.12. The lowest BCUT2D eigenvalue weighted by Gasteiger charge is -2.33. The van der Waals surface area contributed by atoms with Crippen LogP contribution < -0.4 is 15.5 Å². The van der Waals surface area contributed by atoms with Crippen LogP contribution in [0.15, 0.2) is 10.7 Å². The molecule has 2 heterocycles. The number of anilines is 2. The predicted octanol–water partition coefficient (Wildman–Crippen LogP) is 1.24. The van der Waals surface area contributed by atoms with Crippen molar-refractivity contribution in [2.24, 2.45) is 5.92 Å². The Morgan fingerprint density at radius 2 is 2.32 bits per heavy atom. The SMILES string of the molecule is CNC(=O)C1CCCN(c2nc(NC)ncc2Br)C1. The van der Waals surface area contributed by atoms with Crippen molar-refractivity contribution >= 4 is 33.6 Å². The number of piperidine rings is 1. The Morgan fingerprint density at radius 1 is 1.53 bits per heavy atom. The van der Waals surface area contributed by atoms with Crippen LogP contribution in [0, 0.1) is 5.92 Å². The normalized spacial score (nSPS) is 19.1. The number of carbonyl (C=O) groups excluding carboxylic acids is 1. The molecule has 0 bridgehead atoms. The summed E-state index contributed by atoms with van der Waals surface area (Å²) in [6.07, 6.45) is 3.65. The van der Waals surface area contributed by atoms with Gasteiger partial charge in [-0.1, -0.05) is 0 Å². The predicted molar refractivity (Wildman–Crippen MR) is 78.3 cm³/mol. The van der Waals surface area contributed by atoms with E-state index in [0.29, 0.717) is 12.5 Å². The molecule has 0 spiro atoms. The van der Waals surface area contributed by atoms with E-state index in [-0.39, 0.29) is 11.8 Å². The summed E-state index contributed by atoms with van der Waals surface area (Å²) in [6.45, 7) is 1.60. The van der Waals surface area contributed by atoms with Crippen LogP contribution in [0.2, 0.25) is 0 Å². The van der Waals surface area contributed by atoms with Crippen LogP contribution in [0.5, 0.6) is 0 Å². The minimum Gasteiger partial charge on any atom is -0.359 e. The van der Waals surface area contributed by atoms with Crippen LogP contribution in [0.4, 0.5) is 11.8 Å². The maximum Gasteiger partial charge on any atom is 0.224 e. The van der Waals surface area contributed by atoms with Gasteiger partial charge in [-0.25, -0.2) is 4.98 Å². The van der Waals surface area contributed by atoms with Crippen molar-refractivity contribution in [2.45, 2.75) is 12.8 Å². The third-order valence-corrected chi connectivity index (χ3v) is 3.85. The molecule has 7 heteroatoms. The Labute approximate surface area is 121 Å². The third-order valence-electron chi connectivity index (χ3n) is 3.29. The molecule has 2 N–H and O–H groups in total. The first-order valence-electron chi connectivity index (χ1n) is 6.32. The second-order valence-corrected chi connectivity index (χ2v) is 5.37. The van der Waals surface area contributed by atoms with Gasteiger partial charge in [0.15, 0.2) is 0 Å². The number of amides is 1. The van der Waals surface area contributed by atoms with E-state index in [4.69, 9.17) is 0 Å². The van der Waals surface area contributed by atoms with Crippen molar-refractivity contribution < 1.29 is 4.79 Å². The maximum absolute atomic E-state index is 11.8. The van der Waals surface area contributed by atoms with E-state index in [1.54, 1.807) is 20.3 Å². The van der Waals surface area contributed by atoms with Crippen molar-refractivity contribution in [3.05, 3.63) is 10.7 Å². The zero-order valence-corrected chi connectivity index (χ0v) is 12.7. The highest BCUT2D eigenvalue weighted by molar-refractivity contribution is 9.10. The van der Waals surface area contributed by atoms with Gasteiger partial charge in [-0.2, -0.15) is 4.98 Å². The van der Waals surface area contributed by atoms with E-state index in [1.165, 1.54) is 0 Å². The van der Waals surface area contributed by atoms with Crippen molar-refractivity contribution in [2.75, 3.05) is 37.4 Å². The molecule has 104 valence electrons. The Bertz CT molecular complexity index is 467. The number of halogens is 1. The van der Waals surface area contributed by atoms with Crippen LogP contribution in [-0.4, -0.2) is 43.1 Å². The number of nitrogens with zero attached hydrogens (tertiary/aromatic N) is 3. The summed E-state index contributed by atoms with van der Waals surface area (Å²) in [5.41, 5.74) is 0. The van der Waals surface area contributed by atoms with Crippen molar-refractivity contribution in [3.8, 4) is 0 Å². The summed E-state index contributed by atoms with van der Waals surface area (Å²) >= 11 is 3.47. The molecule has 0 aliphatic carbocycles. The number of hydrogen-bond donors (Lipinski definition) is 2. The van der Waals surface area contributed by atoms with Crippen LogP contribution in [-0.2, 0) is 4.79 Å². The molecule has 1 atom stereocenters. The highest BCUT2D eigenvalue weighted by Crippen LogP contribution is 2.28. The van der Waals surface area contributed by atoms with Gasteiger partial charge in [0.05, 0.1) is 10.4 Å². The molecular formula is C12H18BrN5O. The van der Waals surface area contributed by atoms with Crippen molar-refractivity contribution in [1.29, 1.82) is 0 Å². The van der Waals surface area contributed by atoms with Gasteiger partial charge in [0, 0.05) is 33.4 Å². The average molecular weight is 328 g/mol. The molecule has 1 unspecified atom stereocenters. The molecule has 0 aromatic carbocycles. The van der Waals surface area contributed by atoms with Gasteiger partial charge in [0.25, 0.3) is 0 Å². The molecule has 2 rings (SSSR count). The number of nitrogens with one attached hydrogen (secondary N) is 2. The Balaban J connectivity index is 2.19. The molecule has 1 fully saturated rings. The first kappa shape index (κ1) is 14.0. The molecule has 0 radical (unpaired) electrons. The molecule has 0 saturated carbocycles. The summed E-state index contributed by atoms with van der Waals surface area (Å²) in [7, 11) is 3.47. The van der Waals surface area contributed by atoms with Crippen molar-refractivity contribution in [1.82, 2.24) is 15.3 Å². The first-order chi connectivity index (χ1) is 9.15. The Kier molecular flexibility index (Phi) is 4.57. The minimum atomic E-state index is 0.0265. The van der Waals surface area contributed by atoms with E-state index in [2.05, 4.69) is 41.4 Å². The van der Waals surface area contributed by atoms with Crippen LogP contribution in [0.3, 0.4) is 0 Å². The lowest BCUT2D eigenvalue weighted by atomic mass is 9.97. The summed E-state index contributed by atoms with van der Waals surface area (Å²) < 4.78 is 0.851. The molecule has 6 nitrogen and oxygen atoms in total. The molecular weight excluding hydrogens is 310 g/mol. The summed E-state index contributed by atoms with van der Waals surface area (Å²) in [5.74, 6) is 1.55. The number of rotatable bonds is 3. The lowest BCUT2D eigenvalue weighted by molar-refractivity contribution is -0.124. The lowest BCUT2D eigenvalue weighted by Crippen LogP contribution is -2.42. The second kappa shape index (κ2) is 6.18. The number of hydrogen-bond acceptors (Lipinski definition) is 5. The largest absolute Gasteiger partial charge is 0.359 e. The van der Waals surface area contributed by atoms with Gasteiger partial charge in [0.2, 0.25) is 11.9 Å². The molecule has 1 saturated heterocycles. The molecule has 1 aliphatic heterocycles. The van der Waals surface area contributed by atoms with E-state index >= 15 is 0 Å². The van der Waals surface area contributed by atoms with Crippen molar-refractivity contribution in [3.63, 3.8) is 0 Å². The van der Waals surface area contributed by atoms with Crippen LogP contribution in [0.25, 0.3) is 0 Å². The second-order valence-electron chi connectivity index (χ2n) is 4.51. The van der Waals surface area contributed by atoms with Gasteiger partial charge in [-0.15, -0.1) is 0 Å². The van der Waals surface area contributed by atoms with E-state index < -0.39 is 0 Å². The summed E-state index contributed by atoms with van der Waals surface area (Å²) in [4.78, 5) is 22.5. The van der Waals surface area contributed by atoms with Gasteiger partial charge in [-0.05, 0) is 28.8 Å². The molecule has 1 aromatic rings. The molecule has 1 aliphatic rings. The fourth-order valence-corrected chi connectivity index (χ4v) is 2.73. The summed E-state index contributed by atoms with van der Waals surface area (Å²) in [6, 6.07) is 0. The Hall–Kier alpha value is -1.37. The van der Waals surface area contributed by atoms with E-state index in [0.717, 1.165) is 29.7 Å². The van der Waals surface area contributed by atoms with Gasteiger partial charge < -0.3 is 15.5 Å².